The minimum Gasteiger partial charge on any atom is -0.481 e. The van der Waals surface area contributed by atoms with Crippen LogP contribution in [0.15, 0.2) is 36.5 Å². The minimum atomic E-state index is -1.45. The Morgan fingerprint density at radius 2 is 1.82 bits per heavy atom. The highest BCUT2D eigenvalue weighted by Gasteiger charge is 2.29. The molecule has 2 rings (SSSR count). The molecule has 22 heavy (non-hydrogen) atoms. The van der Waals surface area contributed by atoms with Gasteiger partial charge in [0, 0.05) is 11.7 Å². The first kappa shape index (κ1) is 17.4. The molecule has 0 radical (unpaired) electrons. The van der Waals surface area contributed by atoms with Crippen LogP contribution >= 0.6 is 0 Å². The Kier molecular flexibility index (Phi) is 6.27. The number of rotatable bonds is 5. The van der Waals surface area contributed by atoms with Crippen LogP contribution in [0.2, 0.25) is 0 Å². The fourth-order valence-electron chi connectivity index (χ4n) is 1.88. The predicted octanol–water partition coefficient (Wildman–Crippen LogP) is 1.25. The van der Waals surface area contributed by atoms with Crippen LogP contribution in [0, 0.1) is 5.92 Å². The van der Waals surface area contributed by atoms with Gasteiger partial charge in [0.25, 0.3) is 0 Å². The number of fused-ring (bicyclic) bond motifs is 1. The summed E-state index contributed by atoms with van der Waals surface area (Å²) in [7, 11) is 0. The summed E-state index contributed by atoms with van der Waals surface area (Å²) in [6.07, 6.45) is 1.40. The van der Waals surface area contributed by atoms with Crippen molar-refractivity contribution in [3.8, 4) is 0 Å². The zero-order valence-electron chi connectivity index (χ0n) is 12.0. The molecule has 0 aliphatic carbocycles. The minimum absolute atomic E-state index is 0.530. The largest absolute Gasteiger partial charge is 0.481 e. The van der Waals surface area contributed by atoms with Crippen molar-refractivity contribution >= 4 is 28.6 Å². The number of carboxylic acid groups (broad SMARTS) is 2. The van der Waals surface area contributed by atoms with E-state index in [1.807, 2.05) is 18.3 Å². The summed E-state index contributed by atoms with van der Waals surface area (Å²) in [5.74, 6) is -4.30. The highest BCUT2D eigenvalue weighted by molar-refractivity contribution is 5.89. The van der Waals surface area contributed by atoms with Crippen molar-refractivity contribution in [3.05, 3.63) is 36.5 Å². The lowest BCUT2D eigenvalue weighted by Gasteiger charge is -2.15. The Balaban J connectivity index is 0.000000231. The molecule has 2 aromatic rings. The van der Waals surface area contributed by atoms with Gasteiger partial charge in [-0.25, -0.2) is 0 Å². The molecule has 118 valence electrons. The maximum atomic E-state index is 10.8. The molecule has 2 atom stereocenters. The maximum Gasteiger partial charge on any atom is 0.321 e. The lowest BCUT2D eigenvalue weighted by molar-refractivity contribution is -0.145. The van der Waals surface area contributed by atoms with Gasteiger partial charge in [0.05, 0.1) is 12.3 Å². The van der Waals surface area contributed by atoms with Gasteiger partial charge in [-0.2, -0.15) is 0 Å². The second-order valence-corrected chi connectivity index (χ2v) is 4.74. The molecule has 0 spiro atoms. The molecule has 7 heteroatoms. The first-order chi connectivity index (χ1) is 10.3. The highest BCUT2D eigenvalue weighted by atomic mass is 16.4. The van der Waals surface area contributed by atoms with E-state index in [0.717, 1.165) is 6.92 Å². The van der Waals surface area contributed by atoms with Gasteiger partial charge in [0.2, 0.25) is 0 Å². The van der Waals surface area contributed by atoms with E-state index >= 15 is 0 Å². The summed E-state index contributed by atoms with van der Waals surface area (Å²) < 4.78 is 0. The van der Waals surface area contributed by atoms with Crippen LogP contribution in [0.4, 0.5) is 0 Å². The van der Waals surface area contributed by atoms with Gasteiger partial charge in [-0.3, -0.25) is 14.4 Å². The summed E-state index contributed by atoms with van der Waals surface area (Å²) >= 11 is 0. The summed E-state index contributed by atoms with van der Waals surface area (Å²) in [5, 5.41) is 18.1. The molecule has 1 aromatic heterocycles. The van der Waals surface area contributed by atoms with Crippen LogP contribution in [0.5, 0.6) is 0 Å². The Bertz CT molecular complexity index is 635. The highest BCUT2D eigenvalue weighted by Crippen LogP contribution is 2.09. The molecule has 0 fully saturated rings. The first-order valence-corrected chi connectivity index (χ1v) is 6.55. The number of carboxylic acids is 2. The molecule has 0 aliphatic rings. The van der Waals surface area contributed by atoms with Gasteiger partial charge < -0.3 is 20.9 Å². The van der Waals surface area contributed by atoms with E-state index in [1.165, 1.54) is 10.9 Å². The van der Waals surface area contributed by atoms with Crippen LogP contribution in [0.3, 0.4) is 0 Å². The average Bonchev–Trinajstić information content (AvgIpc) is 2.92. The molecule has 0 bridgehead atoms. The van der Waals surface area contributed by atoms with Crippen molar-refractivity contribution in [1.29, 1.82) is 0 Å². The van der Waals surface area contributed by atoms with Crippen molar-refractivity contribution in [1.82, 2.24) is 4.98 Å². The molecule has 1 aromatic carbocycles. The number of aliphatic carboxylic acids is 2. The Labute approximate surface area is 126 Å². The fraction of sp³-hybridized carbons (Fsp3) is 0.267. The van der Waals surface area contributed by atoms with Crippen LogP contribution < -0.4 is 5.73 Å². The molecule has 1 heterocycles. The Morgan fingerprint density at radius 1 is 1.18 bits per heavy atom. The second kappa shape index (κ2) is 7.94. The lowest BCUT2D eigenvalue weighted by Crippen LogP contribution is -2.42. The van der Waals surface area contributed by atoms with Crippen LogP contribution in [0.1, 0.15) is 13.3 Å². The monoisotopic (exact) mass is 306 g/mol. The molecule has 7 nitrogen and oxygen atoms in total. The number of benzene rings is 1. The number of aromatic amines is 1. The van der Waals surface area contributed by atoms with Crippen molar-refractivity contribution in [2.24, 2.45) is 11.7 Å². The third-order valence-corrected chi connectivity index (χ3v) is 3.10. The van der Waals surface area contributed by atoms with Gasteiger partial charge in [-0.1, -0.05) is 18.2 Å². The summed E-state index contributed by atoms with van der Waals surface area (Å²) in [6, 6.07) is 8.83. The molecule has 1 unspecified atom stereocenters. The average molecular weight is 306 g/mol. The van der Waals surface area contributed by atoms with E-state index in [2.05, 4.69) is 23.2 Å². The fourth-order valence-corrected chi connectivity index (χ4v) is 1.88. The van der Waals surface area contributed by atoms with Crippen LogP contribution in [-0.2, 0) is 14.4 Å². The van der Waals surface area contributed by atoms with Gasteiger partial charge in [0.15, 0.2) is 0 Å². The maximum absolute atomic E-state index is 10.8. The van der Waals surface area contributed by atoms with E-state index in [1.54, 1.807) is 0 Å². The number of H-pyrrole nitrogens is 1. The number of nitrogens with one attached hydrogen (secondary N) is 1. The molecule has 5 N–H and O–H groups in total. The second-order valence-electron chi connectivity index (χ2n) is 4.74. The van der Waals surface area contributed by atoms with E-state index in [9.17, 15) is 14.4 Å². The molecular weight excluding hydrogens is 288 g/mol. The molecule has 0 saturated carbocycles. The summed E-state index contributed by atoms with van der Waals surface area (Å²) in [4.78, 5) is 34.5. The number of carbonyl (C=O) groups excluding carboxylic acids is 1. The molecule has 0 saturated heterocycles. The number of Topliss-reactive ketones (excluding diaryl/α,β-unsaturated/α-hetero) is 1. The molecule has 0 amide bonds. The van der Waals surface area contributed by atoms with Crippen LogP contribution in [-0.4, -0.2) is 39.0 Å². The van der Waals surface area contributed by atoms with E-state index in [-0.39, 0.29) is 0 Å². The Hall–Kier alpha value is -2.67. The van der Waals surface area contributed by atoms with Gasteiger partial charge >= 0.3 is 11.9 Å². The van der Waals surface area contributed by atoms with E-state index in [0.29, 0.717) is 0 Å². The van der Waals surface area contributed by atoms with Crippen LogP contribution in [0.25, 0.3) is 10.9 Å². The van der Waals surface area contributed by atoms with Gasteiger partial charge in [-0.15, -0.1) is 0 Å². The third-order valence-electron chi connectivity index (χ3n) is 3.10. The quantitative estimate of drug-likeness (QED) is 0.657. The molecule has 0 aliphatic heterocycles. The summed E-state index contributed by atoms with van der Waals surface area (Å²) in [5.41, 5.74) is 6.33. The third kappa shape index (κ3) is 5.02. The van der Waals surface area contributed by atoms with Crippen molar-refractivity contribution in [3.63, 3.8) is 0 Å². The van der Waals surface area contributed by atoms with Gasteiger partial charge in [-0.05, 0) is 24.4 Å². The number of ketones is 1. The number of nitrogens with two attached hydrogens (primary N) is 1. The standard InChI is InChI=1S/C8H7N.C7H11NO5/c1-2-4-8-7(3-1)5-6-9-8;1-3(9)4(2-5(10)11)6(8)7(12)13/h1-6,9H;4,6H,2,8H2,1H3,(H,10,11)(H,12,13)/t;4?,6-/m.0/s1. The van der Waals surface area contributed by atoms with Gasteiger partial charge in [0.1, 0.15) is 11.8 Å². The van der Waals surface area contributed by atoms with Crippen molar-refractivity contribution in [2.45, 2.75) is 19.4 Å². The normalized spacial score (nSPS) is 12.8. The zero-order chi connectivity index (χ0) is 16.7. The smallest absolute Gasteiger partial charge is 0.321 e. The Morgan fingerprint density at radius 3 is 2.32 bits per heavy atom. The summed E-state index contributed by atoms with van der Waals surface area (Å²) in [6.45, 7) is 1.12. The number of aromatic nitrogens is 1. The van der Waals surface area contributed by atoms with E-state index in [4.69, 9.17) is 15.9 Å². The van der Waals surface area contributed by atoms with Crippen molar-refractivity contribution in [2.75, 3.05) is 0 Å². The molecular formula is C15H18N2O5. The van der Waals surface area contributed by atoms with E-state index < -0.39 is 36.1 Å². The predicted molar refractivity (Wildman–Crippen MR) is 80.3 cm³/mol. The number of hydrogen-bond donors (Lipinski definition) is 4. The number of hydrogen-bond acceptors (Lipinski definition) is 4. The van der Waals surface area contributed by atoms with Crippen molar-refractivity contribution < 1.29 is 24.6 Å². The first-order valence-electron chi connectivity index (χ1n) is 6.55. The topological polar surface area (TPSA) is 133 Å². The zero-order valence-corrected chi connectivity index (χ0v) is 12.0. The number of carbonyl (C=O) groups is 3. The SMILES string of the molecule is CC(=O)C(CC(=O)O)[C@H](N)C(=O)O.c1ccc2[nH]ccc2c1. The number of para-hydroxylation sites is 1. The lowest BCUT2D eigenvalue weighted by atomic mass is 9.93.